The van der Waals surface area contributed by atoms with E-state index in [2.05, 4.69) is 65.2 Å². The normalized spacial score (nSPS) is 21.9. The SMILES string of the molecule is COc1nc(C(C)(C)C)ncc1CNC1CCC(c2ccccc2)N1C(=O)C1CCCCC1. The number of ether oxygens (including phenoxy) is 1. The van der Waals surface area contributed by atoms with Crippen LogP contribution in [0.1, 0.15) is 88.7 Å². The molecular formula is C27H38N4O2. The van der Waals surface area contributed by atoms with Gasteiger partial charge in [-0.25, -0.2) is 4.98 Å². The van der Waals surface area contributed by atoms with Crippen LogP contribution in [0.3, 0.4) is 0 Å². The number of nitrogens with zero attached hydrogens (tertiary/aromatic N) is 3. The molecule has 1 N–H and O–H groups in total. The van der Waals surface area contributed by atoms with Crippen LogP contribution in [-0.4, -0.2) is 34.1 Å². The zero-order valence-electron chi connectivity index (χ0n) is 20.5. The number of likely N-dealkylation sites (tertiary alicyclic amines) is 1. The van der Waals surface area contributed by atoms with Crippen LogP contribution < -0.4 is 10.1 Å². The molecule has 2 atom stereocenters. The summed E-state index contributed by atoms with van der Waals surface area (Å²) < 4.78 is 5.58. The van der Waals surface area contributed by atoms with Gasteiger partial charge in [0.25, 0.3) is 0 Å². The number of benzene rings is 1. The molecule has 4 rings (SSSR count). The molecule has 1 aromatic carbocycles. The number of hydrogen-bond donors (Lipinski definition) is 1. The van der Waals surface area contributed by atoms with E-state index < -0.39 is 0 Å². The fourth-order valence-corrected chi connectivity index (χ4v) is 5.16. The maximum atomic E-state index is 13.7. The number of carbonyl (C=O) groups excluding carboxylic acids is 1. The van der Waals surface area contributed by atoms with Crippen LogP contribution in [0.15, 0.2) is 36.5 Å². The molecular weight excluding hydrogens is 412 g/mol. The topological polar surface area (TPSA) is 67.4 Å². The minimum atomic E-state index is -0.142. The zero-order chi connectivity index (χ0) is 23.4. The Hall–Kier alpha value is -2.47. The van der Waals surface area contributed by atoms with E-state index in [-0.39, 0.29) is 23.5 Å². The van der Waals surface area contributed by atoms with Crippen LogP contribution in [0, 0.1) is 5.92 Å². The molecule has 1 aliphatic heterocycles. The third-order valence-corrected chi connectivity index (χ3v) is 7.00. The molecule has 33 heavy (non-hydrogen) atoms. The lowest BCUT2D eigenvalue weighted by Crippen LogP contribution is -2.48. The zero-order valence-corrected chi connectivity index (χ0v) is 20.5. The first-order valence-corrected chi connectivity index (χ1v) is 12.4. The fourth-order valence-electron chi connectivity index (χ4n) is 5.16. The Balaban J connectivity index is 1.54. The summed E-state index contributed by atoms with van der Waals surface area (Å²) in [6, 6.07) is 10.6. The van der Waals surface area contributed by atoms with Gasteiger partial charge in [-0.3, -0.25) is 10.1 Å². The first kappa shape index (κ1) is 23.7. The van der Waals surface area contributed by atoms with Crippen molar-refractivity contribution in [3.8, 4) is 5.88 Å². The first-order valence-electron chi connectivity index (χ1n) is 12.4. The van der Waals surface area contributed by atoms with E-state index in [0.717, 1.165) is 49.9 Å². The van der Waals surface area contributed by atoms with E-state index >= 15 is 0 Å². The van der Waals surface area contributed by atoms with E-state index in [1.807, 2.05) is 12.3 Å². The van der Waals surface area contributed by atoms with Gasteiger partial charge >= 0.3 is 0 Å². The average molecular weight is 451 g/mol. The maximum Gasteiger partial charge on any atom is 0.227 e. The number of rotatable bonds is 6. The number of nitrogens with one attached hydrogen (secondary N) is 1. The van der Waals surface area contributed by atoms with Crippen molar-refractivity contribution in [2.24, 2.45) is 5.92 Å². The van der Waals surface area contributed by atoms with Gasteiger partial charge < -0.3 is 9.64 Å². The van der Waals surface area contributed by atoms with Gasteiger partial charge in [-0.05, 0) is 31.2 Å². The van der Waals surface area contributed by atoms with E-state index in [9.17, 15) is 4.79 Å². The van der Waals surface area contributed by atoms with E-state index in [1.54, 1.807) is 7.11 Å². The number of carbonyl (C=O) groups is 1. The van der Waals surface area contributed by atoms with Crippen molar-refractivity contribution in [1.29, 1.82) is 0 Å². The summed E-state index contributed by atoms with van der Waals surface area (Å²) in [6.45, 7) is 6.85. The molecule has 2 unspecified atom stereocenters. The molecule has 1 saturated carbocycles. The lowest BCUT2D eigenvalue weighted by atomic mass is 9.88. The van der Waals surface area contributed by atoms with E-state index in [0.29, 0.717) is 18.3 Å². The molecule has 178 valence electrons. The van der Waals surface area contributed by atoms with Gasteiger partial charge in [-0.2, -0.15) is 4.98 Å². The monoisotopic (exact) mass is 450 g/mol. The van der Waals surface area contributed by atoms with Crippen LogP contribution in [0.25, 0.3) is 0 Å². The highest BCUT2D eigenvalue weighted by Crippen LogP contribution is 2.38. The summed E-state index contributed by atoms with van der Waals surface area (Å²) in [5.41, 5.74) is 2.00. The minimum Gasteiger partial charge on any atom is -0.481 e. The summed E-state index contributed by atoms with van der Waals surface area (Å²) in [6.07, 6.45) is 9.35. The summed E-state index contributed by atoms with van der Waals surface area (Å²) in [5.74, 6) is 1.83. The van der Waals surface area contributed by atoms with E-state index in [1.165, 1.54) is 12.0 Å². The van der Waals surface area contributed by atoms with Gasteiger partial charge in [0, 0.05) is 29.6 Å². The van der Waals surface area contributed by atoms with Crippen LogP contribution in [-0.2, 0) is 16.8 Å². The van der Waals surface area contributed by atoms with Gasteiger partial charge in [-0.15, -0.1) is 0 Å². The van der Waals surface area contributed by atoms with Gasteiger partial charge in [0.15, 0.2) is 0 Å². The van der Waals surface area contributed by atoms with Crippen LogP contribution >= 0.6 is 0 Å². The second-order valence-electron chi connectivity index (χ2n) is 10.5. The molecule has 1 saturated heterocycles. The van der Waals surface area contributed by atoms with Crippen molar-refractivity contribution in [3.05, 3.63) is 53.5 Å². The summed E-state index contributed by atoms with van der Waals surface area (Å²) >= 11 is 0. The molecule has 2 fully saturated rings. The molecule has 0 spiro atoms. The Morgan fingerprint density at radius 1 is 1.09 bits per heavy atom. The Morgan fingerprint density at radius 3 is 2.48 bits per heavy atom. The van der Waals surface area contributed by atoms with Crippen LogP contribution in [0.5, 0.6) is 5.88 Å². The summed E-state index contributed by atoms with van der Waals surface area (Å²) in [5, 5.41) is 3.65. The molecule has 0 radical (unpaired) electrons. The van der Waals surface area contributed by atoms with Crippen molar-refractivity contribution in [2.45, 2.75) is 89.9 Å². The fraction of sp³-hybridized carbons (Fsp3) is 0.593. The molecule has 1 aromatic heterocycles. The van der Waals surface area contributed by atoms with Crippen LogP contribution in [0.4, 0.5) is 0 Å². The molecule has 1 amide bonds. The third kappa shape index (κ3) is 5.37. The molecule has 0 bridgehead atoms. The summed E-state index contributed by atoms with van der Waals surface area (Å²) in [7, 11) is 1.65. The second-order valence-corrected chi connectivity index (χ2v) is 10.5. The highest BCUT2D eigenvalue weighted by Gasteiger charge is 2.40. The number of hydrogen-bond acceptors (Lipinski definition) is 5. The maximum absolute atomic E-state index is 13.7. The lowest BCUT2D eigenvalue weighted by Gasteiger charge is -2.35. The Kier molecular flexibility index (Phi) is 7.32. The molecule has 6 nitrogen and oxygen atoms in total. The number of aromatic nitrogens is 2. The lowest BCUT2D eigenvalue weighted by molar-refractivity contribution is -0.140. The van der Waals surface area contributed by atoms with Gasteiger partial charge in [-0.1, -0.05) is 70.4 Å². The van der Waals surface area contributed by atoms with Crippen molar-refractivity contribution >= 4 is 5.91 Å². The summed E-state index contributed by atoms with van der Waals surface area (Å²) in [4.78, 5) is 25.1. The second kappa shape index (κ2) is 10.2. The standard InChI is InChI=1S/C27H38N4O2/c1-27(2,3)26-29-18-21(24(30-26)33-4)17-28-23-16-15-22(19-11-7-5-8-12-19)31(23)25(32)20-13-9-6-10-14-20/h5,7-8,11-12,18,20,22-23,28H,6,9-10,13-17H2,1-4H3. The Labute approximate surface area is 198 Å². The van der Waals surface area contributed by atoms with Gasteiger partial charge in [0.05, 0.1) is 19.3 Å². The van der Waals surface area contributed by atoms with Crippen molar-refractivity contribution in [3.63, 3.8) is 0 Å². The van der Waals surface area contributed by atoms with Crippen molar-refractivity contribution < 1.29 is 9.53 Å². The van der Waals surface area contributed by atoms with Crippen molar-refractivity contribution in [1.82, 2.24) is 20.2 Å². The largest absolute Gasteiger partial charge is 0.481 e. The highest BCUT2D eigenvalue weighted by atomic mass is 16.5. The Bertz CT molecular complexity index is 935. The third-order valence-electron chi connectivity index (χ3n) is 7.00. The quantitative estimate of drug-likeness (QED) is 0.660. The number of methoxy groups -OCH3 is 1. The van der Waals surface area contributed by atoms with Gasteiger partial charge in [0.1, 0.15) is 5.82 Å². The molecule has 2 heterocycles. The molecule has 2 aliphatic rings. The number of amides is 1. The Morgan fingerprint density at radius 2 is 1.82 bits per heavy atom. The average Bonchev–Trinajstić information content (AvgIpc) is 3.26. The molecule has 1 aliphatic carbocycles. The van der Waals surface area contributed by atoms with Gasteiger partial charge in [0.2, 0.25) is 11.8 Å². The predicted octanol–water partition coefficient (Wildman–Crippen LogP) is 5.14. The van der Waals surface area contributed by atoms with Crippen molar-refractivity contribution in [2.75, 3.05) is 7.11 Å². The van der Waals surface area contributed by atoms with Crippen LogP contribution in [0.2, 0.25) is 0 Å². The molecule has 2 aromatic rings. The predicted molar refractivity (Wildman–Crippen MR) is 130 cm³/mol. The highest BCUT2D eigenvalue weighted by molar-refractivity contribution is 5.80. The molecule has 6 heteroatoms. The van der Waals surface area contributed by atoms with E-state index in [4.69, 9.17) is 4.74 Å². The smallest absolute Gasteiger partial charge is 0.227 e. The minimum absolute atomic E-state index is 0.00312. The first-order chi connectivity index (χ1) is 15.9.